The molecule has 5 nitrogen and oxygen atoms in total. The van der Waals surface area contributed by atoms with Gasteiger partial charge in [-0.25, -0.2) is 4.39 Å². The van der Waals surface area contributed by atoms with Gasteiger partial charge in [-0.1, -0.05) is 12.1 Å². The maximum atomic E-state index is 14.0. The third-order valence-corrected chi connectivity index (χ3v) is 4.34. The molecule has 0 spiro atoms. The number of nitrogens with zero attached hydrogens (tertiary/aromatic N) is 2. The lowest BCUT2D eigenvalue weighted by atomic mass is 10.2. The van der Waals surface area contributed by atoms with E-state index in [1.165, 1.54) is 12.1 Å². The smallest absolute Gasteiger partial charge is 0.304 e. The maximum absolute atomic E-state index is 14.0. The van der Waals surface area contributed by atoms with Crippen molar-refractivity contribution in [2.75, 3.05) is 11.4 Å². The van der Waals surface area contributed by atoms with Crippen molar-refractivity contribution in [1.29, 1.82) is 0 Å². The molecule has 0 aliphatic carbocycles. The molecular weight excluding hydrogens is 295 g/mol. The molecule has 0 bridgehead atoms. The SMILES string of the molecule is CCN(c1ccccc1F)c1sc(C(C)O)cc1[N+](=O)[O-]. The number of hydrogen-bond acceptors (Lipinski definition) is 5. The van der Waals surface area contributed by atoms with Crippen molar-refractivity contribution in [3.05, 3.63) is 51.1 Å². The van der Waals surface area contributed by atoms with Gasteiger partial charge in [-0.05, 0) is 26.0 Å². The van der Waals surface area contributed by atoms with E-state index in [1.807, 2.05) is 0 Å². The van der Waals surface area contributed by atoms with E-state index in [4.69, 9.17) is 0 Å². The Morgan fingerprint density at radius 2 is 2.14 bits per heavy atom. The van der Waals surface area contributed by atoms with Crippen LogP contribution in [0.1, 0.15) is 24.8 Å². The van der Waals surface area contributed by atoms with Crippen LogP contribution >= 0.6 is 11.3 Å². The molecule has 21 heavy (non-hydrogen) atoms. The Bertz CT molecular complexity index is 657. The minimum atomic E-state index is -0.804. The molecule has 2 aromatic rings. The van der Waals surface area contributed by atoms with E-state index in [0.717, 1.165) is 11.3 Å². The third-order valence-electron chi connectivity index (χ3n) is 3.03. The molecule has 0 aliphatic rings. The minimum absolute atomic E-state index is 0.124. The topological polar surface area (TPSA) is 66.6 Å². The first kappa shape index (κ1) is 15.4. The van der Waals surface area contributed by atoms with Crippen molar-refractivity contribution in [2.45, 2.75) is 20.0 Å². The van der Waals surface area contributed by atoms with Crippen LogP contribution in [0.25, 0.3) is 0 Å². The number of hydrogen-bond donors (Lipinski definition) is 1. The molecular formula is C14H15FN2O3S. The summed E-state index contributed by atoms with van der Waals surface area (Å²) in [6.07, 6.45) is -0.804. The summed E-state index contributed by atoms with van der Waals surface area (Å²) in [5.41, 5.74) is 0.156. The summed E-state index contributed by atoms with van der Waals surface area (Å²) < 4.78 is 14.0. The molecule has 0 saturated carbocycles. The molecule has 0 saturated heterocycles. The van der Waals surface area contributed by atoms with Crippen LogP contribution < -0.4 is 4.90 Å². The van der Waals surface area contributed by atoms with E-state index in [2.05, 4.69) is 0 Å². The summed E-state index contributed by atoms with van der Waals surface area (Å²) in [4.78, 5) is 12.7. The van der Waals surface area contributed by atoms with Crippen LogP contribution in [-0.2, 0) is 0 Å². The molecule has 0 amide bonds. The Morgan fingerprint density at radius 3 is 2.67 bits per heavy atom. The van der Waals surface area contributed by atoms with E-state index in [9.17, 15) is 19.6 Å². The second kappa shape index (κ2) is 6.19. The Hall–Kier alpha value is -1.99. The fourth-order valence-electron chi connectivity index (χ4n) is 2.01. The lowest BCUT2D eigenvalue weighted by Crippen LogP contribution is -2.17. The van der Waals surface area contributed by atoms with Gasteiger partial charge in [0.05, 0.1) is 16.7 Å². The molecule has 2 rings (SSSR count). The van der Waals surface area contributed by atoms with Gasteiger partial charge in [-0.15, -0.1) is 11.3 Å². The number of anilines is 2. The molecule has 1 N–H and O–H groups in total. The highest BCUT2D eigenvalue weighted by Gasteiger charge is 2.26. The van der Waals surface area contributed by atoms with Gasteiger partial charge in [0.15, 0.2) is 5.00 Å². The Balaban J connectivity index is 2.57. The Labute approximate surface area is 125 Å². The second-order valence-electron chi connectivity index (χ2n) is 4.47. The number of benzene rings is 1. The van der Waals surface area contributed by atoms with Crippen LogP contribution in [0.2, 0.25) is 0 Å². The molecule has 1 heterocycles. The van der Waals surface area contributed by atoms with Gasteiger partial charge in [-0.3, -0.25) is 10.1 Å². The summed E-state index contributed by atoms with van der Waals surface area (Å²) in [6.45, 7) is 3.71. The van der Waals surface area contributed by atoms with Crippen molar-refractivity contribution in [3.8, 4) is 0 Å². The highest BCUT2D eigenvalue weighted by molar-refractivity contribution is 7.16. The molecule has 7 heteroatoms. The zero-order chi connectivity index (χ0) is 15.6. The number of rotatable bonds is 5. The minimum Gasteiger partial charge on any atom is -0.388 e. The van der Waals surface area contributed by atoms with Crippen molar-refractivity contribution < 1.29 is 14.4 Å². The first-order chi connectivity index (χ1) is 9.95. The van der Waals surface area contributed by atoms with Crippen LogP contribution in [0.5, 0.6) is 0 Å². The van der Waals surface area contributed by atoms with Crippen LogP contribution in [0, 0.1) is 15.9 Å². The van der Waals surface area contributed by atoms with Gasteiger partial charge in [0.1, 0.15) is 5.82 Å². The highest BCUT2D eigenvalue weighted by Crippen LogP contribution is 2.43. The van der Waals surface area contributed by atoms with Gasteiger partial charge >= 0.3 is 5.69 Å². The fraction of sp³-hybridized carbons (Fsp3) is 0.286. The zero-order valence-corrected chi connectivity index (χ0v) is 12.4. The number of nitro groups is 1. The van der Waals surface area contributed by atoms with Gasteiger partial charge in [-0.2, -0.15) is 0 Å². The molecule has 1 aromatic heterocycles. The van der Waals surface area contributed by atoms with Crippen LogP contribution in [0.3, 0.4) is 0 Å². The predicted molar refractivity (Wildman–Crippen MR) is 80.7 cm³/mol. The summed E-state index contributed by atoms with van der Waals surface area (Å²) in [5, 5.41) is 21.1. The molecule has 1 atom stereocenters. The van der Waals surface area contributed by atoms with E-state index < -0.39 is 16.8 Å². The molecule has 1 aromatic carbocycles. The normalized spacial score (nSPS) is 12.2. The van der Waals surface area contributed by atoms with E-state index in [-0.39, 0.29) is 11.4 Å². The maximum Gasteiger partial charge on any atom is 0.304 e. The molecule has 0 aliphatic heterocycles. The first-order valence-electron chi connectivity index (χ1n) is 6.44. The van der Waals surface area contributed by atoms with Crippen molar-refractivity contribution >= 4 is 27.7 Å². The lowest BCUT2D eigenvalue weighted by molar-refractivity contribution is -0.383. The van der Waals surface area contributed by atoms with Gasteiger partial charge in [0, 0.05) is 17.5 Å². The van der Waals surface area contributed by atoms with Crippen LogP contribution in [0.15, 0.2) is 30.3 Å². The van der Waals surface area contributed by atoms with E-state index in [0.29, 0.717) is 16.4 Å². The van der Waals surface area contributed by atoms with Crippen LogP contribution in [0.4, 0.5) is 20.8 Å². The first-order valence-corrected chi connectivity index (χ1v) is 7.25. The fourth-order valence-corrected chi connectivity index (χ4v) is 3.15. The summed E-state index contributed by atoms with van der Waals surface area (Å²) in [5.74, 6) is -0.444. The van der Waals surface area contributed by atoms with Crippen molar-refractivity contribution in [1.82, 2.24) is 0 Å². The number of aliphatic hydroxyl groups excluding tert-OH is 1. The second-order valence-corrected chi connectivity index (χ2v) is 5.53. The lowest BCUT2D eigenvalue weighted by Gasteiger charge is -2.21. The monoisotopic (exact) mass is 310 g/mol. The number of halogens is 1. The van der Waals surface area contributed by atoms with Crippen molar-refractivity contribution in [2.24, 2.45) is 0 Å². The average Bonchev–Trinajstić information content (AvgIpc) is 2.87. The molecule has 0 radical (unpaired) electrons. The largest absolute Gasteiger partial charge is 0.388 e. The molecule has 0 fully saturated rings. The summed E-state index contributed by atoms with van der Waals surface area (Å²) in [6, 6.07) is 7.47. The third kappa shape index (κ3) is 3.03. The average molecular weight is 310 g/mol. The standard InChI is InChI=1S/C14H15FN2O3S/c1-3-16(11-7-5-4-6-10(11)15)14-12(17(19)20)8-13(21-14)9(2)18/h4-9,18H,3H2,1-2H3. The van der Waals surface area contributed by atoms with Gasteiger partial charge in [0.25, 0.3) is 0 Å². The number of thiophene rings is 1. The quantitative estimate of drug-likeness (QED) is 0.669. The number of aliphatic hydroxyl groups is 1. The molecule has 1 unspecified atom stereocenters. The van der Waals surface area contributed by atoms with E-state index >= 15 is 0 Å². The van der Waals surface area contributed by atoms with Gasteiger partial charge < -0.3 is 10.0 Å². The Kier molecular flexibility index (Phi) is 4.54. The summed E-state index contributed by atoms with van der Waals surface area (Å²) >= 11 is 1.10. The number of para-hydroxylation sites is 1. The highest BCUT2D eigenvalue weighted by atomic mass is 32.1. The molecule has 112 valence electrons. The predicted octanol–water partition coefficient (Wildman–Crippen LogP) is 4.01. The Morgan fingerprint density at radius 1 is 1.48 bits per heavy atom. The van der Waals surface area contributed by atoms with Gasteiger partial charge in [0.2, 0.25) is 0 Å². The summed E-state index contributed by atoms with van der Waals surface area (Å²) in [7, 11) is 0. The van der Waals surface area contributed by atoms with Crippen LogP contribution in [-0.4, -0.2) is 16.6 Å². The zero-order valence-electron chi connectivity index (χ0n) is 11.6. The van der Waals surface area contributed by atoms with E-state index in [1.54, 1.807) is 36.9 Å². The van der Waals surface area contributed by atoms with Crippen molar-refractivity contribution in [3.63, 3.8) is 0 Å².